The first kappa shape index (κ1) is 11.2. The maximum atomic E-state index is 6.36. The Morgan fingerprint density at radius 3 is 2.71 bits per heavy atom. The predicted molar refractivity (Wildman–Crippen MR) is 67.1 cm³/mol. The highest BCUT2D eigenvalue weighted by atomic mass is 35.5. The third-order valence-corrected chi connectivity index (χ3v) is 4.29. The highest BCUT2D eigenvalue weighted by Gasteiger charge is 2.45. The molecule has 0 radical (unpaired) electrons. The monoisotopic (exact) mass is 253 g/mol. The molecule has 1 saturated carbocycles. The van der Waals surface area contributed by atoms with Gasteiger partial charge >= 0.3 is 0 Å². The molecule has 3 rings (SSSR count). The fraction of sp³-hybridized carbons (Fsp3) is 0.538. The van der Waals surface area contributed by atoms with Gasteiger partial charge in [0.15, 0.2) is 11.5 Å². The summed E-state index contributed by atoms with van der Waals surface area (Å²) in [6.07, 6.45) is 2.28. The van der Waals surface area contributed by atoms with Crippen molar-refractivity contribution in [2.24, 2.45) is 5.73 Å². The molecule has 1 heterocycles. The minimum absolute atomic E-state index is 0.129. The van der Waals surface area contributed by atoms with Crippen LogP contribution in [0.2, 0.25) is 5.02 Å². The molecule has 92 valence electrons. The van der Waals surface area contributed by atoms with Crippen LogP contribution in [0.3, 0.4) is 0 Å². The smallest absolute Gasteiger partial charge is 0.180 e. The maximum absolute atomic E-state index is 6.36. The van der Waals surface area contributed by atoms with E-state index in [1.807, 2.05) is 6.92 Å². The van der Waals surface area contributed by atoms with Crippen molar-refractivity contribution >= 4 is 11.6 Å². The van der Waals surface area contributed by atoms with Crippen molar-refractivity contribution in [3.8, 4) is 11.5 Å². The topological polar surface area (TPSA) is 44.5 Å². The zero-order chi connectivity index (χ0) is 12.0. The Kier molecular flexibility index (Phi) is 2.49. The molecule has 1 aromatic rings. The van der Waals surface area contributed by atoms with Crippen molar-refractivity contribution in [3.63, 3.8) is 0 Å². The van der Waals surface area contributed by atoms with Gasteiger partial charge in [-0.05, 0) is 37.0 Å². The van der Waals surface area contributed by atoms with Gasteiger partial charge in [-0.1, -0.05) is 11.6 Å². The molecule has 0 spiro atoms. The molecule has 0 atom stereocenters. The van der Waals surface area contributed by atoms with Crippen LogP contribution in [-0.4, -0.2) is 19.8 Å². The molecule has 3 nitrogen and oxygen atoms in total. The van der Waals surface area contributed by atoms with Crippen LogP contribution < -0.4 is 15.2 Å². The molecule has 1 aromatic carbocycles. The lowest BCUT2D eigenvalue weighted by molar-refractivity contribution is 0.171. The lowest BCUT2D eigenvalue weighted by atomic mass is 9.91. The molecule has 4 heteroatoms. The van der Waals surface area contributed by atoms with E-state index < -0.39 is 0 Å². The van der Waals surface area contributed by atoms with Crippen molar-refractivity contribution in [1.29, 1.82) is 0 Å². The Balaban J connectivity index is 2.14. The number of nitrogens with two attached hydrogens (primary N) is 1. The average Bonchev–Trinajstić information content (AvgIpc) is 3.15. The summed E-state index contributed by atoms with van der Waals surface area (Å²) in [5, 5.41) is 0.678. The average molecular weight is 254 g/mol. The summed E-state index contributed by atoms with van der Waals surface area (Å²) >= 11 is 6.36. The van der Waals surface area contributed by atoms with Gasteiger partial charge in [0.1, 0.15) is 13.2 Å². The molecule has 1 fully saturated rings. The number of hydrogen-bond donors (Lipinski definition) is 1. The molecule has 2 N–H and O–H groups in total. The third kappa shape index (κ3) is 1.60. The van der Waals surface area contributed by atoms with E-state index in [9.17, 15) is 0 Å². The fourth-order valence-corrected chi connectivity index (χ4v) is 2.77. The Hall–Kier alpha value is -0.930. The molecule has 1 aliphatic heterocycles. The van der Waals surface area contributed by atoms with Gasteiger partial charge in [0.25, 0.3) is 0 Å². The molecule has 1 aliphatic carbocycles. The summed E-state index contributed by atoms with van der Waals surface area (Å²) in [6, 6.07) is 2.07. The summed E-state index contributed by atoms with van der Waals surface area (Å²) in [6.45, 7) is 3.85. The number of ether oxygens (including phenoxy) is 2. The molecule has 0 aromatic heterocycles. The van der Waals surface area contributed by atoms with Crippen LogP contribution in [0.5, 0.6) is 11.5 Å². The second kappa shape index (κ2) is 3.79. The summed E-state index contributed by atoms with van der Waals surface area (Å²) in [5.74, 6) is 1.45. The van der Waals surface area contributed by atoms with Crippen molar-refractivity contribution in [2.75, 3.05) is 19.8 Å². The van der Waals surface area contributed by atoms with Crippen molar-refractivity contribution in [3.05, 3.63) is 22.2 Å². The van der Waals surface area contributed by atoms with Crippen molar-refractivity contribution in [1.82, 2.24) is 0 Å². The number of hydrogen-bond acceptors (Lipinski definition) is 3. The lowest BCUT2D eigenvalue weighted by Crippen LogP contribution is -2.22. The predicted octanol–water partition coefficient (Wildman–Crippen LogP) is 2.41. The minimum atomic E-state index is 0.129. The number of fused-ring (bicyclic) bond motifs is 1. The van der Waals surface area contributed by atoms with Gasteiger partial charge in [-0.25, -0.2) is 0 Å². The first-order valence-electron chi connectivity index (χ1n) is 5.97. The van der Waals surface area contributed by atoms with E-state index in [2.05, 4.69) is 6.07 Å². The minimum Gasteiger partial charge on any atom is -0.486 e. The van der Waals surface area contributed by atoms with Crippen LogP contribution >= 0.6 is 11.6 Å². The standard InChI is InChI=1S/C13H16ClNO2/c1-8-9(13(7-15)2-3-13)6-10-12(11(8)14)17-5-4-16-10/h6H,2-5,7,15H2,1H3. The molecule has 17 heavy (non-hydrogen) atoms. The SMILES string of the molecule is Cc1c(C2(CN)CC2)cc2c(c1Cl)OCCO2. The molecular formula is C13H16ClNO2. The number of rotatable bonds is 2. The summed E-state index contributed by atoms with van der Waals surface area (Å²) in [5.41, 5.74) is 8.32. The molecule has 0 bridgehead atoms. The summed E-state index contributed by atoms with van der Waals surface area (Å²) in [7, 11) is 0. The van der Waals surface area contributed by atoms with Crippen LogP contribution in [0, 0.1) is 6.92 Å². The zero-order valence-corrected chi connectivity index (χ0v) is 10.6. The van der Waals surface area contributed by atoms with E-state index in [1.165, 1.54) is 5.56 Å². The van der Waals surface area contributed by atoms with E-state index in [-0.39, 0.29) is 5.41 Å². The molecule has 0 amide bonds. The fourth-order valence-electron chi connectivity index (χ4n) is 2.52. The van der Waals surface area contributed by atoms with Gasteiger partial charge in [-0.2, -0.15) is 0 Å². The van der Waals surface area contributed by atoms with Crippen LogP contribution in [0.15, 0.2) is 6.07 Å². The van der Waals surface area contributed by atoms with Gasteiger partial charge < -0.3 is 15.2 Å². The maximum Gasteiger partial charge on any atom is 0.180 e. The van der Waals surface area contributed by atoms with Gasteiger partial charge in [0.2, 0.25) is 0 Å². The third-order valence-electron chi connectivity index (χ3n) is 3.83. The molecular weight excluding hydrogens is 238 g/mol. The van der Waals surface area contributed by atoms with Crippen LogP contribution in [-0.2, 0) is 5.41 Å². The Morgan fingerprint density at radius 2 is 2.06 bits per heavy atom. The van der Waals surface area contributed by atoms with Gasteiger partial charge in [0, 0.05) is 12.0 Å². The Labute approximate surface area is 106 Å². The first-order valence-corrected chi connectivity index (χ1v) is 6.35. The van der Waals surface area contributed by atoms with E-state index in [1.54, 1.807) is 0 Å². The van der Waals surface area contributed by atoms with Crippen molar-refractivity contribution in [2.45, 2.75) is 25.2 Å². The largest absolute Gasteiger partial charge is 0.486 e. The quantitative estimate of drug-likeness (QED) is 0.880. The van der Waals surface area contributed by atoms with Crippen LogP contribution in [0.25, 0.3) is 0 Å². The Morgan fingerprint density at radius 1 is 1.35 bits per heavy atom. The van der Waals surface area contributed by atoms with E-state index in [4.69, 9.17) is 26.8 Å². The van der Waals surface area contributed by atoms with Crippen molar-refractivity contribution < 1.29 is 9.47 Å². The second-order valence-electron chi connectivity index (χ2n) is 4.87. The number of halogens is 1. The lowest BCUT2D eigenvalue weighted by Gasteiger charge is -2.24. The van der Waals surface area contributed by atoms with Gasteiger partial charge in [-0.3, -0.25) is 0 Å². The number of benzene rings is 1. The highest BCUT2D eigenvalue weighted by Crippen LogP contribution is 2.53. The van der Waals surface area contributed by atoms with E-state index in [0.29, 0.717) is 30.5 Å². The van der Waals surface area contributed by atoms with Crippen LogP contribution in [0.4, 0.5) is 0 Å². The molecule has 0 unspecified atom stereocenters. The normalized spacial score (nSPS) is 20.2. The molecule has 2 aliphatic rings. The molecule has 0 saturated heterocycles. The van der Waals surface area contributed by atoms with Gasteiger partial charge in [0.05, 0.1) is 5.02 Å². The summed E-state index contributed by atoms with van der Waals surface area (Å²) in [4.78, 5) is 0. The summed E-state index contributed by atoms with van der Waals surface area (Å²) < 4.78 is 11.2. The van der Waals surface area contributed by atoms with E-state index in [0.717, 1.165) is 24.2 Å². The van der Waals surface area contributed by atoms with Gasteiger partial charge in [-0.15, -0.1) is 0 Å². The second-order valence-corrected chi connectivity index (χ2v) is 5.25. The highest BCUT2D eigenvalue weighted by molar-refractivity contribution is 6.33. The van der Waals surface area contributed by atoms with E-state index >= 15 is 0 Å². The zero-order valence-electron chi connectivity index (χ0n) is 9.88. The Bertz CT molecular complexity index is 469. The first-order chi connectivity index (χ1) is 8.18. The van der Waals surface area contributed by atoms with Crippen LogP contribution in [0.1, 0.15) is 24.0 Å².